The Hall–Kier alpha value is -2.11. The number of primary amides is 1. The highest BCUT2D eigenvalue weighted by Crippen LogP contribution is 2.16. The molecule has 1 rings (SSSR count). The van der Waals surface area contributed by atoms with Gasteiger partial charge >= 0.3 is 6.03 Å². The van der Waals surface area contributed by atoms with Crippen molar-refractivity contribution in [1.82, 2.24) is 5.32 Å². The van der Waals surface area contributed by atoms with E-state index in [2.05, 4.69) is 5.32 Å². The fourth-order valence-electron chi connectivity index (χ4n) is 1.28. The lowest BCUT2D eigenvalue weighted by atomic mass is 10.1. The minimum Gasteiger partial charge on any atom is -0.374 e. The number of hydrogen-bond donors (Lipinski definition) is 3. The predicted molar refractivity (Wildman–Crippen MR) is 61.9 cm³/mol. The molecule has 1 atom stereocenters. The first-order valence-corrected chi connectivity index (χ1v) is 5.03. The number of rotatable bonds is 3. The number of halogens is 1. The van der Waals surface area contributed by atoms with Gasteiger partial charge in [-0.3, -0.25) is 10.1 Å². The van der Waals surface area contributed by atoms with Gasteiger partial charge in [-0.2, -0.15) is 0 Å². The number of hydrogen-bond acceptors (Lipinski definition) is 3. The maximum Gasteiger partial charge on any atom is 0.318 e. The van der Waals surface area contributed by atoms with Crippen molar-refractivity contribution in [3.8, 4) is 0 Å². The summed E-state index contributed by atoms with van der Waals surface area (Å²) in [6.07, 6.45) is 0. The number of amides is 3. The van der Waals surface area contributed by atoms with Crippen molar-refractivity contribution in [2.45, 2.75) is 19.9 Å². The molecule has 1 unspecified atom stereocenters. The zero-order valence-electron chi connectivity index (χ0n) is 9.58. The van der Waals surface area contributed by atoms with E-state index in [1.54, 1.807) is 19.9 Å². The normalized spacial score (nSPS) is 11.7. The number of carbonyl (C=O) groups is 2. The number of anilines is 1. The lowest BCUT2D eigenvalue weighted by Crippen LogP contribution is -2.43. The van der Waals surface area contributed by atoms with Crippen LogP contribution in [-0.2, 0) is 4.79 Å². The fourth-order valence-corrected chi connectivity index (χ4v) is 1.28. The Morgan fingerprint density at radius 2 is 2.06 bits per heavy atom. The van der Waals surface area contributed by atoms with Gasteiger partial charge in [0.25, 0.3) is 0 Å². The summed E-state index contributed by atoms with van der Waals surface area (Å²) >= 11 is 0. The standard InChI is InChI=1S/C11H14FN3O2/c1-6-3-4-8(12)5-9(6)14-7(2)10(16)15-11(13)17/h3-5,7,14H,1-2H3,(H3,13,15,16,17). The Bertz CT molecular complexity index is 448. The maximum atomic E-state index is 13.0. The van der Waals surface area contributed by atoms with Gasteiger partial charge in [0.05, 0.1) is 0 Å². The zero-order valence-corrected chi connectivity index (χ0v) is 9.58. The highest BCUT2D eigenvalue weighted by atomic mass is 19.1. The molecule has 0 aliphatic heterocycles. The lowest BCUT2D eigenvalue weighted by Gasteiger charge is -2.15. The first kappa shape index (κ1) is 13.0. The Morgan fingerprint density at radius 1 is 1.41 bits per heavy atom. The van der Waals surface area contributed by atoms with Gasteiger partial charge in [0, 0.05) is 5.69 Å². The molecule has 0 aliphatic rings. The molecule has 0 spiro atoms. The van der Waals surface area contributed by atoms with Crippen LogP contribution in [0, 0.1) is 12.7 Å². The van der Waals surface area contributed by atoms with Crippen molar-refractivity contribution in [2.24, 2.45) is 5.73 Å². The molecule has 1 aromatic rings. The van der Waals surface area contributed by atoms with E-state index in [0.717, 1.165) is 5.56 Å². The quantitative estimate of drug-likeness (QED) is 0.739. The number of nitrogens with one attached hydrogen (secondary N) is 2. The minimum atomic E-state index is -0.917. The van der Waals surface area contributed by atoms with Gasteiger partial charge in [-0.05, 0) is 31.5 Å². The van der Waals surface area contributed by atoms with Crippen LogP contribution < -0.4 is 16.4 Å². The molecule has 0 saturated heterocycles. The van der Waals surface area contributed by atoms with Crippen LogP contribution in [0.4, 0.5) is 14.9 Å². The Labute approximate surface area is 98.2 Å². The average Bonchev–Trinajstić information content (AvgIpc) is 2.22. The summed E-state index contributed by atoms with van der Waals surface area (Å²) in [5, 5.41) is 4.74. The molecule has 4 N–H and O–H groups in total. The van der Waals surface area contributed by atoms with Gasteiger partial charge in [0.2, 0.25) is 5.91 Å². The average molecular weight is 239 g/mol. The third-order valence-corrected chi connectivity index (χ3v) is 2.21. The largest absolute Gasteiger partial charge is 0.374 e. The lowest BCUT2D eigenvalue weighted by molar-refractivity contribution is -0.120. The van der Waals surface area contributed by atoms with Crippen LogP contribution in [0.1, 0.15) is 12.5 Å². The van der Waals surface area contributed by atoms with Crippen LogP contribution in [0.3, 0.4) is 0 Å². The van der Waals surface area contributed by atoms with Crippen LogP contribution in [0.2, 0.25) is 0 Å². The Morgan fingerprint density at radius 3 is 2.65 bits per heavy atom. The SMILES string of the molecule is Cc1ccc(F)cc1NC(C)C(=O)NC(N)=O. The van der Waals surface area contributed by atoms with E-state index in [4.69, 9.17) is 5.73 Å². The third kappa shape index (κ3) is 3.75. The monoisotopic (exact) mass is 239 g/mol. The molecule has 0 saturated carbocycles. The van der Waals surface area contributed by atoms with E-state index in [0.29, 0.717) is 5.69 Å². The van der Waals surface area contributed by atoms with Crippen LogP contribution in [0.5, 0.6) is 0 Å². The third-order valence-electron chi connectivity index (χ3n) is 2.21. The van der Waals surface area contributed by atoms with Gasteiger partial charge in [0.15, 0.2) is 0 Å². The summed E-state index contributed by atoms with van der Waals surface area (Å²) < 4.78 is 13.0. The minimum absolute atomic E-state index is 0.402. The van der Waals surface area contributed by atoms with Crippen LogP contribution in [-0.4, -0.2) is 18.0 Å². The maximum absolute atomic E-state index is 13.0. The molecular formula is C11H14FN3O2. The van der Waals surface area contributed by atoms with E-state index >= 15 is 0 Å². The molecule has 3 amide bonds. The fraction of sp³-hybridized carbons (Fsp3) is 0.273. The molecule has 0 radical (unpaired) electrons. The Balaban J connectivity index is 2.73. The van der Waals surface area contributed by atoms with Gasteiger partial charge < -0.3 is 11.1 Å². The molecule has 5 nitrogen and oxygen atoms in total. The number of urea groups is 1. The van der Waals surface area contributed by atoms with Crippen molar-refractivity contribution in [3.63, 3.8) is 0 Å². The number of imide groups is 1. The first-order valence-electron chi connectivity index (χ1n) is 5.03. The van der Waals surface area contributed by atoms with E-state index in [1.807, 2.05) is 5.32 Å². The predicted octanol–water partition coefficient (Wildman–Crippen LogP) is 1.13. The van der Waals surface area contributed by atoms with Crippen LogP contribution in [0.25, 0.3) is 0 Å². The molecule has 92 valence electrons. The molecular weight excluding hydrogens is 225 g/mol. The molecule has 0 aromatic heterocycles. The van der Waals surface area contributed by atoms with Gasteiger partial charge in [-0.15, -0.1) is 0 Å². The van der Waals surface area contributed by atoms with E-state index in [1.165, 1.54) is 12.1 Å². The smallest absolute Gasteiger partial charge is 0.318 e. The van der Waals surface area contributed by atoms with Gasteiger partial charge in [-0.1, -0.05) is 6.07 Å². The van der Waals surface area contributed by atoms with E-state index in [-0.39, 0.29) is 0 Å². The highest BCUT2D eigenvalue weighted by Gasteiger charge is 2.15. The summed E-state index contributed by atoms with van der Waals surface area (Å²) in [5.74, 6) is -0.971. The molecule has 6 heteroatoms. The summed E-state index contributed by atoms with van der Waals surface area (Å²) in [7, 11) is 0. The summed E-state index contributed by atoms with van der Waals surface area (Å²) in [4.78, 5) is 21.9. The number of aryl methyl sites for hydroxylation is 1. The van der Waals surface area contributed by atoms with Gasteiger partial charge in [0.1, 0.15) is 11.9 Å². The zero-order chi connectivity index (χ0) is 13.0. The van der Waals surface area contributed by atoms with Crippen LogP contribution >= 0.6 is 0 Å². The summed E-state index contributed by atoms with van der Waals surface area (Å²) in [6.45, 7) is 3.32. The highest BCUT2D eigenvalue weighted by molar-refractivity contribution is 5.97. The molecule has 17 heavy (non-hydrogen) atoms. The summed E-state index contributed by atoms with van der Waals surface area (Å²) in [6, 6.07) is 2.59. The molecule has 0 heterocycles. The topological polar surface area (TPSA) is 84.2 Å². The van der Waals surface area contributed by atoms with Crippen molar-refractivity contribution >= 4 is 17.6 Å². The van der Waals surface area contributed by atoms with Crippen LogP contribution in [0.15, 0.2) is 18.2 Å². The second-order valence-corrected chi connectivity index (χ2v) is 3.68. The van der Waals surface area contributed by atoms with Gasteiger partial charge in [-0.25, -0.2) is 9.18 Å². The molecule has 0 aliphatic carbocycles. The van der Waals surface area contributed by atoms with Crippen molar-refractivity contribution in [1.29, 1.82) is 0 Å². The number of carbonyl (C=O) groups excluding carboxylic acids is 2. The molecule has 1 aromatic carbocycles. The number of benzene rings is 1. The second kappa shape index (κ2) is 5.29. The molecule has 0 bridgehead atoms. The van der Waals surface area contributed by atoms with Crippen molar-refractivity contribution in [2.75, 3.05) is 5.32 Å². The first-order chi connectivity index (χ1) is 7.90. The van der Waals surface area contributed by atoms with Crippen molar-refractivity contribution in [3.05, 3.63) is 29.6 Å². The van der Waals surface area contributed by atoms with Crippen molar-refractivity contribution < 1.29 is 14.0 Å². The summed E-state index contributed by atoms with van der Waals surface area (Å²) in [5.41, 5.74) is 6.11. The van der Waals surface area contributed by atoms with E-state index in [9.17, 15) is 14.0 Å². The second-order valence-electron chi connectivity index (χ2n) is 3.68. The Kier molecular flexibility index (Phi) is 4.03. The molecule has 0 fully saturated rings. The van der Waals surface area contributed by atoms with E-state index < -0.39 is 23.8 Å². The number of nitrogens with two attached hydrogens (primary N) is 1.